The highest BCUT2D eigenvalue weighted by Gasteiger charge is 2.31. The molecule has 0 atom stereocenters. The van der Waals surface area contributed by atoms with Crippen LogP contribution in [0.5, 0.6) is 5.75 Å². The average Bonchev–Trinajstić information content (AvgIpc) is 3.12. The summed E-state index contributed by atoms with van der Waals surface area (Å²) in [6, 6.07) is 13.0. The summed E-state index contributed by atoms with van der Waals surface area (Å²) in [5.41, 5.74) is 8.38. The number of fused-ring (bicyclic) bond motifs is 3. The Hall–Kier alpha value is -3.45. The zero-order valence-corrected chi connectivity index (χ0v) is 22.3. The van der Waals surface area contributed by atoms with Crippen molar-refractivity contribution < 1.29 is 4.74 Å². The van der Waals surface area contributed by atoms with Crippen LogP contribution in [0.15, 0.2) is 36.4 Å². The summed E-state index contributed by atoms with van der Waals surface area (Å²) < 4.78 is 6.23. The van der Waals surface area contributed by atoms with Crippen molar-refractivity contribution in [1.29, 1.82) is 0 Å². The molecule has 7 nitrogen and oxygen atoms in total. The molecule has 2 N–H and O–H groups in total. The third kappa shape index (κ3) is 4.80. The van der Waals surface area contributed by atoms with Gasteiger partial charge < -0.3 is 19.9 Å². The standard InChI is InChI=1S/C30H36N6O/c1-5-31-17-28-34-24-10-11-30(3,4)16-23(24)29(35-28)36-12-13-37-27-9-7-20(14-22(27)18-36)21-6-8-25-26(15-21)33-19(2)32-25/h6-9,14-15,31H,5,10-13,16-18H2,1-4H3,(H,32,33). The summed E-state index contributed by atoms with van der Waals surface area (Å²) in [5, 5.41) is 3.41. The fourth-order valence-corrected chi connectivity index (χ4v) is 5.63. The smallest absolute Gasteiger partial charge is 0.144 e. The van der Waals surface area contributed by atoms with Crippen molar-refractivity contribution in [2.45, 2.75) is 60.0 Å². The van der Waals surface area contributed by atoms with E-state index in [2.05, 4.69) is 77.4 Å². The van der Waals surface area contributed by atoms with Crippen LogP contribution < -0.4 is 15.0 Å². The lowest BCUT2D eigenvalue weighted by molar-refractivity contribution is 0.310. The first kappa shape index (κ1) is 23.9. The molecular weight excluding hydrogens is 460 g/mol. The van der Waals surface area contributed by atoms with E-state index in [0.29, 0.717) is 13.2 Å². The van der Waals surface area contributed by atoms with Gasteiger partial charge in [-0.15, -0.1) is 0 Å². The highest BCUT2D eigenvalue weighted by Crippen LogP contribution is 2.39. The Labute approximate surface area is 218 Å². The zero-order valence-electron chi connectivity index (χ0n) is 22.3. The number of imidazole rings is 1. The number of nitrogens with zero attached hydrogens (tertiary/aromatic N) is 4. The molecule has 0 radical (unpaired) electrons. The van der Waals surface area contributed by atoms with Gasteiger partial charge in [0.25, 0.3) is 0 Å². The summed E-state index contributed by atoms with van der Waals surface area (Å²) in [5.74, 6) is 3.86. The minimum Gasteiger partial charge on any atom is -0.491 e. The summed E-state index contributed by atoms with van der Waals surface area (Å²) in [4.78, 5) is 20.4. The van der Waals surface area contributed by atoms with Crippen molar-refractivity contribution in [3.05, 3.63) is 64.9 Å². The van der Waals surface area contributed by atoms with Crippen molar-refractivity contribution in [1.82, 2.24) is 25.3 Å². The Morgan fingerprint density at radius 1 is 1.08 bits per heavy atom. The first-order valence-electron chi connectivity index (χ1n) is 13.5. The number of nitrogens with one attached hydrogen (secondary N) is 2. The van der Waals surface area contributed by atoms with E-state index < -0.39 is 0 Å². The monoisotopic (exact) mass is 496 g/mol. The Morgan fingerprint density at radius 2 is 1.92 bits per heavy atom. The molecule has 4 aromatic rings. The van der Waals surface area contributed by atoms with Crippen LogP contribution in [0, 0.1) is 12.3 Å². The van der Waals surface area contributed by atoms with Crippen molar-refractivity contribution >= 4 is 16.9 Å². The summed E-state index contributed by atoms with van der Waals surface area (Å²) in [6.45, 7) is 12.6. The molecule has 0 spiro atoms. The van der Waals surface area contributed by atoms with E-state index in [9.17, 15) is 0 Å². The number of H-pyrrole nitrogens is 1. The van der Waals surface area contributed by atoms with Crippen molar-refractivity contribution in [2.75, 3.05) is 24.6 Å². The molecule has 37 heavy (non-hydrogen) atoms. The molecule has 3 heterocycles. The van der Waals surface area contributed by atoms with Gasteiger partial charge in [0.1, 0.15) is 29.8 Å². The molecule has 0 unspecified atom stereocenters. The molecule has 7 heteroatoms. The lowest BCUT2D eigenvalue weighted by Crippen LogP contribution is -2.32. The second-order valence-electron chi connectivity index (χ2n) is 11.2. The van der Waals surface area contributed by atoms with Crippen LogP contribution in [0.25, 0.3) is 22.2 Å². The molecule has 0 fully saturated rings. The molecule has 0 saturated heterocycles. The first-order valence-corrected chi connectivity index (χ1v) is 13.5. The largest absolute Gasteiger partial charge is 0.491 e. The fraction of sp³-hybridized carbons (Fsp3) is 0.433. The van der Waals surface area contributed by atoms with Crippen molar-refractivity contribution in [3.63, 3.8) is 0 Å². The lowest BCUT2D eigenvalue weighted by Gasteiger charge is -2.34. The summed E-state index contributed by atoms with van der Waals surface area (Å²) >= 11 is 0. The number of rotatable bonds is 5. The van der Waals surface area contributed by atoms with Gasteiger partial charge in [-0.3, -0.25) is 0 Å². The number of hydrogen-bond donors (Lipinski definition) is 2. The molecule has 2 aromatic heterocycles. The molecular formula is C30H36N6O. The first-order chi connectivity index (χ1) is 17.9. The van der Waals surface area contributed by atoms with Gasteiger partial charge in [0.2, 0.25) is 0 Å². The molecule has 1 aliphatic carbocycles. The quantitative estimate of drug-likeness (QED) is 0.388. The molecule has 1 aliphatic heterocycles. The molecule has 6 rings (SSSR count). The SMILES string of the molecule is CCNCc1nc2c(c(N3CCOc4ccc(-c5ccc6nc(C)[nH]c6c5)cc4C3)n1)CC(C)(C)CC2. The Morgan fingerprint density at radius 3 is 2.78 bits per heavy atom. The fourth-order valence-electron chi connectivity index (χ4n) is 5.63. The number of anilines is 1. The third-order valence-corrected chi connectivity index (χ3v) is 7.62. The Kier molecular flexibility index (Phi) is 6.11. The van der Waals surface area contributed by atoms with Crippen LogP contribution in [0.4, 0.5) is 5.82 Å². The van der Waals surface area contributed by atoms with Gasteiger partial charge in [-0.2, -0.15) is 0 Å². The van der Waals surface area contributed by atoms with Crippen molar-refractivity contribution in [2.24, 2.45) is 5.41 Å². The van der Waals surface area contributed by atoms with Gasteiger partial charge >= 0.3 is 0 Å². The van der Waals surface area contributed by atoms with Crippen LogP contribution in [0.2, 0.25) is 0 Å². The average molecular weight is 497 g/mol. The second-order valence-corrected chi connectivity index (χ2v) is 11.2. The van der Waals surface area contributed by atoms with Crippen molar-refractivity contribution in [3.8, 4) is 16.9 Å². The minimum atomic E-state index is 0.255. The Balaban J connectivity index is 1.37. The van der Waals surface area contributed by atoms with Gasteiger partial charge in [-0.05, 0) is 73.5 Å². The van der Waals surface area contributed by atoms with E-state index in [1.807, 2.05) is 6.92 Å². The number of hydrogen-bond acceptors (Lipinski definition) is 6. The van der Waals surface area contributed by atoms with Gasteiger partial charge in [-0.25, -0.2) is 15.0 Å². The van der Waals surface area contributed by atoms with Crippen LogP contribution in [0.3, 0.4) is 0 Å². The van der Waals surface area contributed by atoms with E-state index in [1.54, 1.807) is 0 Å². The Bertz CT molecular complexity index is 1460. The predicted molar refractivity (Wildman–Crippen MR) is 148 cm³/mol. The molecule has 2 aliphatic rings. The summed E-state index contributed by atoms with van der Waals surface area (Å²) in [6.07, 6.45) is 3.18. The van der Waals surface area contributed by atoms with Gasteiger partial charge in [0.05, 0.1) is 24.1 Å². The number of aryl methyl sites for hydroxylation is 2. The van der Waals surface area contributed by atoms with Crippen LogP contribution >= 0.6 is 0 Å². The molecule has 2 aromatic carbocycles. The van der Waals surface area contributed by atoms with Gasteiger partial charge in [-0.1, -0.05) is 32.9 Å². The van der Waals surface area contributed by atoms with E-state index in [4.69, 9.17) is 14.7 Å². The number of aromatic amines is 1. The number of ether oxygens (including phenoxy) is 1. The van der Waals surface area contributed by atoms with Crippen LogP contribution in [0.1, 0.15) is 55.7 Å². The minimum absolute atomic E-state index is 0.255. The summed E-state index contributed by atoms with van der Waals surface area (Å²) in [7, 11) is 0. The van der Waals surface area contributed by atoms with Gasteiger partial charge in [0.15, 0.2) is 0 Å². The number of benzene rings is 2. The zero-order chi connectivity index (χ0) is 25.6. The maximum absolute atomic E-state index is 6.23. The molecule has 0 amide bonds. The van der Waals surface area contributed by atoms with Crippen LogP contribution in [-0.4, -0.2) is 39.6 Å². The highest BCUT2D eigenvalue weighted by atomic mass is 16.5. The lowest BCUT2D eigenvalue weighted by atomic mass is 9.76. The predicted octanol–water partition coefficient (Wildman–Crippen LogP) is 5.35. The third-order valence-electron chi connectivity index (χ3n) is 7.62. The molecule has 0 saturated carbocycles. The van der Waals surface area contributed by atoms with E-state index in [0.717, 1.165) is 73.1 Å². The molecule has 0 bridgehead atoms. The highest BCUT2D eigenvalue weighted by molar-refractivity contribution is 5.82. The second kappa shape index (κ2) is 9.45. The maximum atomic E-state index is 6.23. The van der Waals surface area contributed by atoms with E-state index in [1.165, 1.54) is 27.9 Å². The topological polar surface area (TPSA) is 79.0 Å². The number of aromatic nitrogens is 4. The van der Waals surface area contributed by atoms with E-state index in [-0.39, 0.29) is 5.41 Å². The van der Waals surface area contributed by atoms with Crippen LogP contribution in [-0.2, 0) is 25.9 Å². The van der Waals surface area contributed by atoms with E-state index >= 15 is 0 Å². The van der Waals surface area contributed by atoms with Gasteiger partial charge in [0, 0.05) is 23.4 Å². The maximum Gasteiger partial charge on any atom is 0.144 e. The normalized spacial score (nSPS) is 16.7. The molecule has 192 valence electrons.